The third kappa shape index (κ3) is 5.60. The Labute approximate surface area is 198 Å². The number of aromatic nitrogens is 2. The molecular weight excluding hydrogens is 469 g/mol. The van der Waals surface area contributed by atoms with Gasteiger partial charge in [-0.3, -0.25) is 14.2 Å². The third-order valence-corrected chi connectivity index (χ3v) is 5.96. The fraction of sp³-hybridized carbons (Fsp3) is 0.227. The van der Waals surface area contributed by atoms with Crippen LogP contribution in [0.15, 0.2) is 52.4 Å². The number of carbonyl (C=O) groups excluding carboxylic acids is 1. The topological polar surface area (TPSA) is 103 Å². The van der Waals surface area contributed by atoms with E-state index in [0.29, 0.717) is 31.8 Å². The van der Waals surface area contributed by atoms with Crippen LogP contribution in [0.3, 0.4) is 0 Å². The second kappa shape index (κ2) is 11.0. The normalized spacial score (nSPS) is 10.5. The highest BCUT2D eigenvalue weighted by molar-refractivity contribution is 7.99. The lowest BCUT2D eigenvalue weighted by molar-refractivity contribution is -0.128. The van der Waals surface area contributed by atoms with Crippen LogP contribution in [0.4, 0.5) is 0 Å². The SMILES string of the molecule is N#CCCN(CCC#N)C(=O)CSc1nc2cc(Cl)ccc2c(=O)n1-c1ccc(Cl)cc1. The summed E-state index contributed by atoms with van der Waals surface area (Å²) in [7, 11) is 0. The fourth-order valence-electron chi connectivity index (χ4n) is 3.00. The van der Waals surface area contributed by atoms with E-state index in [4.69, 9.17) is 33.7 Å². The molecule has 0 unspecified atom stereocenters. The second-order valence-electron chi connectivity index (χ2n) is 6.66. The van der Waals surface area contributed by atoms with Crippen LogP contribution in [0.5, 0.6) is 0 Å². The molecule has 0 spiro atoms. The highest BCUT2D eigenvalue weighted by Crippen LogP contribution is 2.24. The van der Waals surface area contributed by atoms with Gasteiger partial charge in [-0.2, -0.15) is 10.5 Å². The maximum atomic E-state index is 13.3. The molecule has 0 saturated carbocycles. The molecule has 0 aliphatic carbocycles. The minimum Gasteiger partial charge on any atom is -0.340 e. The van der Waals surface area contributed by atoms with Gasteiger partial charge in [-0.1, -0.05) is 35.0 Å². The largest absolute Gasteiger partial charge is 0.340 e. The molecule has 3 aromatic rings. The number of fused-ring (bicyclic) bond motifs is 1. The molecule has 10 heteroatoms. The Kier molecular flexibility index (Phi) is 8.13. The van der Waals surface area contributed by atoms with Crippen molar-refractivity contribution < 1.29 is 4.79 Å². The summed E-state index contributed by atoms with van der Waals surface area (Å²) in [6, 6.07) is 15.6. The Bertz CT molecular complexity index is 1260. The van der Waals surface area contributed by atoms with E-state index in [1.54, 1.807) is 42.5 Å². The van der Waals surface area contributed by atoms with Gasteiger partial charge in [0.25, 0.3) is 5.56 Å². The van der Waals surface area contributed by atoms with Crippen molar-refractivity contribution in [2.75, 3.05) is 18.8 Å². The van der Waals surface area contributed by atoms with E-state index in [1.807, 2.05) is 12.1 Å². The monoisotopic (exact) mass is 485 g/mol. The molecule has 0 aliphatic heterocycles. The van der Waals surface area contributed by atoms with Gasteiger partial charge in [-0.15, -0.1) is 0 Å². The summed E-state index contributed by atoms with van der Waals surface area (Å²) in [5, 5.41) is 19.4. The molecule has 0 radical (unpaired) electrons. The van der Waals surface area contributed by atoms with Crippen molar-refractivity contribution in [2.24, 2.45) is 0 Å². The quantitative estimate of drug-likeness (QED) is 0.345. The first-order chi connectivity index (χ1) is 15.4. The Balaban J connectivity index is 1.99. The number of thioether (sulfide) groups is 1. The molecule has 1 amide bonds. The predicted octanol–water partition coefficient (Wildman–Crippen LogP) is 4.44. The minimum atomic E-state index is -0.297. The van der Waals surface area contributed by atoms with Crippen LogP contribution in [-0.4, -0.2) is 39.2 Å². The summed E-state index contributed by atoms with van der Waals surface area (Å²) >= 11 is 13.2. The first kappa shape index (κ1) is 23.6. The Morgan fingerprint density at radius 2 is 1.66 bits per heavy atom. The lowest BCUT2D eigenvalue weighted by atomic mass is 10.2. The molecule has 2 aromatic carbocycles. The van der Waals surface area contributed by atoms with Crippen molar-refractivity contribution >= 4 is 51.8 Å². The van der Waals surface area contributed by atoms with Gasteiger partial charge in [0.05, 0.1) is 47.3 Å². The van der Waals surface area contributed by atoms with E-state index in [0.717, 1.165) is 11.8 Å². The van der Waals surface area contributed by atoms with Gasteiger partial charge in [0.2, 0.25) is 5.91 Å². The molecule has 3 rings (SSSR count). The van der Waals surface area contributed by atoms with Gasteiger partial charge < -0.3 is 4.90 Å². The van der Waals surface area contributed by atoms with Gasteiger partial charge in [0, 0.05) is 23.1 Å². The number of halogens is 2. The molecule has 0 atom stereocenters. The smallest absolute Gasteiger partial charge is 0.266 e. The molecule has 0 bridgehead atoms. The number of hydrogen-bond donors (Lipinski definition) is 0. The van der Waals surface area contributed by atoms with Gasteiger partial charge in [0.1, 0.15) is 0 Å². The number of carbonyl (C=O) groups is 1. The van der Waals surface area contributed by atoms with E-state index in [9.17, 15) is 9.59 Å². The predicted molar refractivity (Wildman–Crippen MR) is 125 cm³/mol. The number of hydrogen-bond acceptors (Lipinski definition) is 6. The molecular formula is C22H17Cl2N5O2S. The summed E-state index contributed by atoms with van der Waals surface area (Å²) in [5.74, 6) is -0.258. The van der Waals surface area contributed by atoms with Crippen LogP contribution < -0.4 is 5.56 Å². The Morgan fingerprint density at radius 1 is 1.03 bits per heavy atom. The van der Waals surface area contributed by atoms with Crippen LogP contribution in [0.1, 0.15) is 12.8 Å². The summed E-state index contributed by atoms with van der Waals surface area (Å²) in [6.45, 7) is 0.477. The molecule has 7 nitrogen and oxygen atoms in total. The summed E-state index contributed by atoms with van der Waals surface area (Å²) in [5.41, 5.74) is 0.688. The molecule has 0 fully saturated rings. The maximum Gasteiger partial charge on any atom is 0.266 e. The van der Waals surface area contributed by atoms with Crippen LogP contribution in [-0.2, 0) is 4.79 Å². The maximum absolute atomic E-state index is 13.3. The highest BCUT2D eigenvalue weighted by Gasteiger charge is 2.18. The van der Waals surface area contributed by atoms with E-state index >= 15 is 0 Å². The average molecular weight is 486 g/mol. The second-order valence-corrected chi connectivity index (χ2v) is 8.47. The van der Waals surface area contributed by atoms with Gasteiger partial charge in [-0.25, -0.2) is 4.98 Å². The molecule has 1 heterocycles. The number of benzene rings is 2. The van der Waals surface area contributed by atoms with Gasteiger partial charge in [-0.05, 0) is 42.5 Å². The summed E-state index contributed by atoms with van der Waals surface area (Å²) in [4.78, 5) is 32.1. The highest BCUT2D eigenvalue weighted by atomic mass is 35.5. The summed E-state index contributed by atoms with van der Waals surface area (Å²) in [6.07, 6.45) is 0.341. The third-order valence-electron chi connectivity index (χ3n) is 4.55. The van der Waals surface area contributed by atoms with Crippen molar-refractivity contribution in [3.8, 4) is 17.8 Å². The standard InChI is InChI=1S/C22H17Cl2N5O2S/c23-15-3-6-17(7-4-15)29-21(31)18-8-5-16(24)13-19(18)27-22(29)32-14-20(30)28(11-1-9-25)12-2-10-26/h3-8,13H,1-2,11-12,14H2. The lowest BCUT2D eigenvalue weighted by Crippen LogP contribution is -2.34. The van der Waals surface area contributed by atoms with Crippen molar-refractivity contribution in [2.45, 2.75) is 18.0 Å². The first-order valence-electron chi connectivity index (χ1n) is 9.57. The van der Waals surface area contributed by atoms with Crippen molar-refractivity contribution in [1.29, 1.82) is 10.5 Å². The zero-order valence-corrected chi connectivity index (χ0v) is 19.1. The first-order valence-corrected chi connectivity index (χ1v) is 11.3. The molecule has 162 valence electrons. The zero-order chi connectivity index (χ0) is 23.1. The van der Waals surface area contributed by atoms with E-state index < -0.39 is 0 Å². The number of rotatable bonds is 8. The van der Waals surface area contributed by atoms with Gasteiger partial charge in [0.15, 0.2) is 5.16 Å². The zero-order valence-electron chi connectivity index (χ0n) is 16.8. The number of amides is 1. The van der Waals surface area contributed by atoms with Crippen LogP contribution in [0.2, 0.25) is 10.0 Å². The van der Waals surface area contributed by atoms with Crippen molar-refractivity contribution in [3.05, 3.63) is 62.9 Å². The average Bonchev–Trinajstić information content (AvgIpc) is 2.78. The van der Waals surface area contributed by atoms with E-state index in [1.165, 1.54) is 9.47 Å². The fourth-order valence-corrected chi connectivity index (χ4v) is 4.21. The molecule has 1 aromatic heterocycles. The van der Waals surface area contributed by atoms with Crippen LogP contribution in [0.25, 0.3) is 16.6 Å². The van der Waals surface area contributed by atoms with Crippen LogP contribution in [0, 0.1) is 22.7 Å². The molecule has 0 N–H and O–H groups in total. The summed E-state index contributed by atoms with van der Waals surface area (Å²) < 4.78 is 1.43. The number of nitrogens with zero attached hydrogens (tertiary/aromatic N) is 5. The van der Waals surface area contributed by atoms with E-state index in [2.05, 4.69) is 4.98 Å². The lowest BCUT2D eigenvalue weighted by Gasteiger charge is -2.20. The van der Waals surface area contributed by atoms with Crippen LogP contribution >= 0.6 is 35.0 Å². The van der Waals surface area contributed by atoms with E-state index in [-0.39, 0.29) is 43.2 Å². The van der Waals surface area contributed by atoms with Crippen molar-refractivity contribution in [3.63, 3.8) is 0 Å². The molecule has 0 aliphatic rings. The Morgan fingerprint density at radius 3 is 2.28 bits per heavy atom. The minimum absolute atomic E-state index is 0.0110. The number of nitriles is 2. The molecule has 32 heavy (non-hydrogen) atoms. The Hall–Kier alpha value is -3.04. The van der Waals surface area contributed by atoms with Gasteiger partial charge >= 0.3 is 0 Å². The van der Waals surface area contributed by atoms with Crippen molar-refractivity contribution in [1.82, 2.24) is 14.5 Å². The molecule has 0 saturated heterocycles.